The van der Waals surface area contributed by atoms with E-state index in [2.05, 4.69) is 20.6 Å². The summed E-state index contributed by atoms with van der Waals surface area (Å²) in [7, 11) is 0. The first kappa shape index (κ1) is 12.3. The third kappa shape index (κ3) is 2.68. The van der Waals surface area contributed by atoms with E-state index in [-0.39, 0.29) is 0 Å². The number of hydrogen-bond donors (Lipinski definition) is 3. The van der Waals surface area contributed by atoms with E-state index in [1.807, 2.05) is 25.5 Å². The smallest absolute Gasteiger partial charge is 0.223 e. The van der Waals surface area contributed by atoms with Crippen LogP contribution in [-0.2, 0) is 0 Å². The first-order valence-corrected chi connectivity index (χ1v) is 7.22. The summed E-state index contributed by atoms with van der Waals surface area (Å²) in [6.07, 6.45) is 4.22. The lowest BCUT2D eigenvalue weighted by Gasteiger charge is -2.11. The molecule has 1 aromatic rings. The van der Waals surface area contributed by atoms with E-state index >= 15 is 0 Å². The van der Waals surface area contributed by atoms with E-state index in [1.165, 1.54) is 12.8 Å². The van der Waals surface area contributed by atoms with Crippen molar-refractivity contribution in [1.82, 2.24) is 15.3 Å². The summed E-state index contributed by atoms with van der Waals surface area (Å²) in [5, 5.41) is 9.53. The first-order chi connectivity index (χ1) is 9.13. The molecule has 0 unspecified atom stereocenters. The zero-order valence-electron chi connectivity index (χ0n) is 11.0. The Labute approximate surface area is 116 Å². The molecule has 0 saturated heterocycles. The molecule has 100 valence electrons. The average molecular weight is 275 g/mol. The number of allylic oxidation sites excluding steroid dienone is 1. The standard InChI is InChI=1S/C13H17N5S/c1-7-5-15-13(17-9-3-4-9)18-11(7)10(14)12-16-8(2)6-19-12/h5-6,9,16H,3-4,14H2,1-2H3,(H,15,17,18)/b12-10+. The van der Waals surface area contributed by atoms with Crippen LogP contribution in [0.3, 0.4) is 0 Å². The summed E-state index contributed by atoms with van der Waals surface area (Å²) in [4.78, 5) is 8.84. The van der Waals surface area contributed by atoms with Crippen molar-refractivity contribution < 1.29 is 0 Å². The maximum Gasteiger partial charge on any atom is 0.223 e. The molecule has 0 amide bonds. The molecular weight excluding hydrogens is 258 g/mol. The highest BCUT2D eigenvalue weighted by Gasteiger charge is 2.22. The molecule has 1 saturated carbocycles. The largest absolute Gasteiger partial charge is 0.395 e. The number of aryl methyl sites for hydroxylation is 1. The molecule has 3 rings (SSSR count). The molecule has 0 radical (unpaired) electrons. The molecule has 5 nitrogen and oxygen atoms in total. The number of nitrogens with two attached hydrogens (primary N) is 1. The highest BCUT2D eigenvalue weighted by atomic mass is 32.2. The second kappa shape index (κ2) is 4.77. The number of aromatic nitrogens is 2. The van der Waals surface area contributed by atoms with Gasteiger partial charge in [-0.15, -0.1) is 0 Å². The van der Waals surface area contributed by atoms with Gasteiger partial charge in [-0.3, -0.25) is 0 Å². The van der Waals surface area contributed by atoms with Gasteiger partial charge in [-0.2, -0.15) is 0 Å². The van der Waals surface area contributed by atoms with Gasteiger partial charge in [-0.1, -0.05) is 11.8 Å². The third-order valence-electron chi connectivity index (χ3n) is 3.05. The van der Waals surface area contributed by atoms with Crippen molar-refractivity contribution in [2.45, 2.75) is 32.7 Å². The Morgan fingerprint density at radius 2 is 2.26 bits per heavy atom. The molecule has 19 heavy (non-hydrogen) atoms. The average Bonchev–Trinajstić information content (AvgIpc) is 3.10. The predicted molar refractivity (Wildman–Crippen MR) is 79.0 cm³/mol. The van der Waals surface area contributed by atoms with Gasteiger partial charge in [0.1, 0.15) is 5.03 Å². The van der Waals surface area contributed by atoms with Gasteiger partial charge in [-0.05, 0) is 37.7 Å². The molecule has 1 fully saturated rings. The monoisotopic (exact) mass is 275 g/mol. The maximum atomic E-state index is 6.22. The highest BCUT2D eigenvalue weighted by molar-refractivity contribution is 8.06. The van der Waals surface area contributed by atoms with Crippen LogP contribution in [0.1, 0.15) is 31.0 Å². The van der Waals surface area contributed by atoms with Gasteiger partial charge in [-0.25, -0.2) is 9.97 Å². The lowest BCUT2D eigenvalue weighted by molar-refractivity contribution is 1.02. The van der Waals surface area contributed by atoms with Gasteiger partial charge >= 0.3 is 0 Å². The van der Waals surface area contributed by atoms with Crippen LogP contribution in [0.2, 0.25) is 0 Å². The second-order valence-electron chi connectivity index (χ2n) is 4.93. The van der Waals surface area contributed by atoms with E-state index in [9.17, 15) is 0 Å². The zero-order chi connectivity index (χ0) is 13.4. The molecule has 0 aromatic carbocycles. The molecule has 2 aliphatic rings. The number of nitrogens with one attached hydrogen (secondary N) is 2. The molecule has 1 aliphatic heterocycles. The Morgan fingerprint density at radius 1 is 1.47 bits per heavy atom. The summed E-state index contributed by atoms with van der Waals surface area (Å²) < 4.78 is 0. The molecule has 6 heteroatoms. The van der Waals surface area contributed by atoms with Gasteiger partial charge in [0, 0.05) is 17.9 Å². The summed E-state index contributed by atoms with van der Waals surface area (Å²) in [6, 6.07) is 0.535. The van der Waals surface area contributed by atoms with Crippen LogP contribution in [0.25, 0.3) is 5.70 Å². The Balaban J connectivity index is 1.90. The minimum Gasteiger partial charge on any atom is -0.395 e. The van der Waals surface area contributed by atoms with E-state index in [0.717, 1.165) is 22.0 Å². The fraction of sp³-hybridized carbons (Fsp3) is 0.385. The maximum absolute atomic E-state index is 6.22. The number of thioether (sulfide) groups is 1. The fourth-order valence-electron chi connectivity index (χ4n) is 1.82. The molecule has 1 aliphatic carbocycles. The summed E-state index contributed by atoms with van der Waals surface area (Å²) >= 11 is 1.59. The van der Waals surface area contributed by atoms with Crippen molar-refractivity contribution in [3.05, 3.63) is 33.6 Å². The van der Waals surface area contributed by atoms with Crippen molar-refractivity contribution in [2.24, 2.45) is 5.73 Å². The Kier molecular flexibility index (Phi) is 3.10. The topological polar surface area (TPSA) is 75.9 Å². The van der Waals surface area contributed by atoms with Crippen molar-refractivity contribution in [3.8, 4) is 0 Å². The normalized spacial score (nSPS) is 20.8. The third-order valence-corrected chi connectivity index (χ3v) is 4.08. The van der Waals surface area contributed by atoms with E-state index in [0.29, 0.717) is 17.7 Å². The van der Waals surface area contributed by atoms with Crippen LogP contribution in [-0.4, -0.2) is 16.0 Å². The van der Waals surface area contributed by atoms with E-state index < -0.39 is 0 Å². The Morgan fingerprint density at radius 3 is 2.89 bits per heavy atom. The first-order valence-electron chi connectivity index (χ1n) is 6.34. The molecule has 0 bridgehead atoms. The van der Waals surface area contributed by atoms with Crippen LogP contribution in [0.4, 0.5) is 5.95 Å². The summed E-state index contributed by atoms with van der Waals surface area (Å²) in [6.45, 7) is 3.99. The van der Waals surface area contributed by atoms with Gasteiger partial charge in [0.15, 0.2) is 0 Å². The predicted octanol–water partition coefficient (Wildman–Crippen LogP) is 2.14. The van der Waals surface area contributed by atoms with Gasteiger partial charge < -0.3 is 16.4 Å². The number of hydrogen-bond acceptors (Lipinski definition) is 6. The van der Waals surface area contributed by atoms with E-state index in [1.54, 1.807) is 11.8 Å². The van der Waals surface area contributed by atoms with Gasteiger partial charge in [0.25, 0.3) is 0 Å². The van der Waals surface area contributed by atoms with Crippen LogP contribution < -0.4 is 16.4 Å². The van der Waals surface area contributed by atoms with Crippen LogP contribution in [0.15, 0.2) is 22.3 Å². The lowest BCUT2D eigenvalue weighted by atomic mass is 10.2. The van der Waals surface area contributed by atoms with Crippen LogP contribution in [0, 0.1) is 6.92 Å². The molecular formula is C13H17N5S. The van der Waals surface area contributed by atoms with Gasteiger partial charge in [0.2, 0.25) is 5.95 Å². The van der Waals surface area contributed by atoms with Crippen molar-refractivity contribution in [1.29, 1.82) is 0 Å². The molecule has 0 atom stereocenters. The minimum absolute atomic E-state index is 0.535. The lowest BCUT2D eigenvalue weighted by Crippen LogP contribution is -2.14. The molecule has 2 heterocycles. The molecule has 1 aromatic heterocycles. The molecule has 4 N–H and O–H groups in total. The van der Waals surface area contributed by atoms with Crippen LogP contribution >= 0.6 is 11.8 Å². The van der Waals surface area contributed by atoms with Crippen molar-refractivity contribution in [2.75, 3.05) is 5.32 Å². The zero-order valence-corrected chi connectivity index (χ0v) is 11.8. The second-order valence-corrected chi connectivity index (χ2v) is 5.81. The Bertz CT molecular complexity index is 574. The van der Waals surface area contributed by atoms with Gasteiger partial charge in [0.05, 0.1) is 11.4 Å². The number of anilines is 1. The molecule has 0 spiro atoms. The minimum atomic E-state index is 0.535. The fourth-order valence-corrected chi connectivity index (χ4v) is 2.62. The number of nitrogens with zero attached hydrogens (tertiary/aromatic N) is 2. The summed E-state index contributed by atoms with van der Waals surface area (Å²) in [5.41, 5.74) is 9.79. The highest BCUT2D eigenvalue weighted by Crippen LogP contribution is 2.30. The Hall–Kier alpha value is -1.69. The van der Waals surface area contributed by atoms with Crippen molar-refractivity contribution in [3.63, 3.8) is 0 Å². The van der Waals surface area contributed by atoms with Crippen molar-refractivity contribution >= 4 is 23.4 Å². The quantitative estimate of drug-likeness (QED) is 0.784. The van der Waals surface area contributed by atoms with Crippen LogP contribution in [0.5, 0.6) is 0 Å². The SMILES string of the molecule is CC1=CS/C(=C(/N)c2nc(NC3CC3)ncc2C)N1. The van der Waals surface area contributed by atoms with E-state index in [4.69, 9.17) is 5.73 Å². The summed E-state index contributed by atoms with van der Waals surface area (Å²) in [5.74, 6) is 0.666. The number of rotatable bonds is 3.